The topological polar surface area (TPSA) is 17.1 Å². The van der Waals surface area contributed by atoms with E-state index in [9.17, 15) is 18.0 Å². The Morgan fingerprint density at radius 2 is 1.94 bits per heavy atom. The predicted molar refractivity (Wildman–Crippen MR) is 62.0 cm³/mol. The molecule has 0 saturated carbocycles. The molecule has 2 aromatic rings. The van der Waals surface area contributed by atoms with Crippen LogP contribution in [0.25, 0.3) is 10.1 Å². The van der Waals surface area contributed by atoms with Crippen LogP contribution in [0.4, 0.5) is 13.2 Å². The molecular weight excluding hydrogens is 296 g/mol. The second-order valence-electron chi connectivity index (χ2n) is 3.22. The lowest BCUT2D eigenvalue weighted by Gasteiger charge is -2.06. The molecule has 0 amide bonds. The highest BCUT2D eigenvalue weighted by molar-refractivity contribution is 7.22. The van der Waals surface area contributed by atoms with E-state index in [1.807, 2.05) is 0 Å². The number of rotatable bonds is 1. The normalized spacial score (nSPS) is 12.1. The number of halogens is 5. The van der Waals surface area contributed by atoms with Gasteiger partial charge in [0.1, 0.15) is 0 Å². The lowest BCUT2D eigenvalue weighted by molar-refractivity contribution is -0.136. The van der Waals surface area contributed by atoms with Crippen LogP contribution in [0.15, 0.2) is 18.2 Å². The van der Waals surface area contributed by atoms with Gasteiger partial charge < -0.3 is 0 Å². The third kappa shape index (κ3) is 2.27. The summed E-state index contributed by atoms with van der Waals surface area (Å²) in [7, 11) is 0. The Morgan fingerprint density at radius 1 is 1.29 bits per heavy atom. The van der Waals surface area contributed by atoms with Gasteiger partial charge in [-0.3, -0.25) is 4.79 Å². The van der Waals surface area contributed by atoms with Crippen LogP contribution in [0.1, 0.15) is 15.2 Å². The van der Waals surface area contributed by atoms with E-state index in [4.69, 9.17) is 23.2 Å². The lowest BCUT2D eigenvalue weighted by atomic mass is 10.1. The summed E-state index contributed by atoms with van der Waals surface area (Å²) in [6.45, 7) is 0. The molecule has 0 saturated heterocycles. The molecule has 0 bridgehead atoms. The first-order chi connectivity index (χ1) is 7.80. The largest absolute Gasteiger partial charge is 0.418 e. The lowest BCUT2D eigenvalue weighted by Crippen LogP contribution is -2.08. The summed E-state index contributed by atoms with van der Waals surface area (Å²) in [6, 6.07) is 4.07. The Kier molecular flexibility index (Phi) is 3.10. The van der Waals surface area contributed by atoms with Crippen molar-refractivity contribution in [1.29, 1.82) is 0 Å². The molecule has 1 heterocycles. The van der Waals surface area contributed by atoms with Gasteiger partial charge in [-0.05, 0) is 29.8 Å². The van der Waals surface area contributed by atoms with Crippen LogP contribution < -0.4 is 0 Å². The molecule has 0 fully saturated rings. The highest BCUT2D eigenvalue weighted by Gasteiger charge is 2.38. The Bertz CT molecular complexity index is 603. The zero-order chi connectivity index (χ0) is 12.8. The molecular formula is C10H3Cl2F3OS. The highest BCUT2D eigenvalue weighted by Crippen LogP contribution is 2.43. The molecule has 1 aromatic carbocycles. The van der Waals surface area contributed by atoms with Crippen molar-refractivity contribution >= 4 is 49.9 Å². The van der Waals surface area contributed by atoms with Crippen LogP contribution in [0.5, 0.6) is 0 Å². The van der Waals surface area contributed by atoms with E-state index < -0.39 is 21.9 Å². The first kappa shape index (κ1) is 12.7. The monoisotopic (exact) mass is 298 g/mol. The SMILES string of the molecule is O=C(Cl)c1sc2ccc(Cl)cc2c1C(F)(F)F. The minimum atomic E-state index is -4.64. The minimum Gasteiger partial charge on any atom is -0.275 e. The summed E-state index contributed by atoms with van der Waals surface area (Å²) < 4.78 is 38.9. The summed E-state index contributed by atoms with van der Waals surface area (Å²) in [6.07, 6.45) is -4.64. The van der Waals surface area contributed by atoms with Gasteiger partial charge in [0.25, 0.3) is 5.24 Å². The van der Waals surface area contributed by atoms with E-state index >= 15 is 0 Å². The van der Waals surface area contributed by atoms with E-state index in [1.165, 1.54) is 18.2 Å². The summed E-state index contributed by atoms with van der Waals surface area (Å²) in [5.41, 5.74) is -1.01. The quantitative estimate of drug-likeness (QED) is 0.681. The Labute approximate surface area is 108 Å². The van der Waals surface area contributed by atoms with Crippen molar-refractivity contribution < 1.29 is 18.0 Å². The van der Waals surface area contributed by atoms with Crippen molar-refractivity contribution in [2.45, 2.75) is 6.18 Å². The molecule has 0 aliphatic carbocycles. The Balaban J connectivity index is 2.87. The number of hydrogen-bond acceptors (Lipinski definition) is 2. The van der Waals surface area contributed by atoms with Gasteiger partial charge >= 0.3 is 6.18 Å². The van der Waals surface area contributed by atoms with Gasteiger partial charge in [-0.25, -0.2) is 0 Å². The third-order valence-corrected chi connectivity index (χ3v) is 3.82. The van der Waals surface area contributed by atoms with Gasteiger partial charge in [0, 0.05) is 15.1 Å². The van der Waals surface area contributed by atoms with Crippen LogP contribution in [-0.2, 0) is 6.18 Å². The van der Waals surface area contributed by atoms with Crippen LogP contribution in [0.3, 0.4) is 0 Å². The number of fused-ring (bicyclic) bond motifs is 1. The van der Waals surface area contributed by atoms with E-state index in [-0.39, 0.29) is 10.4 Å². The maximum absolute atomic E-state index is 12.9. The van der Waals surface area contributed by atoms with Gasteiger partial charge in [0.05, 0.1) is 10.4 Å². The van der Waals surface area contributed by atoms with Crippen molar-refractivity contribution in [3.05, 3.63) is 33.7 Å². The number of benzene rings is 1. The van der Waals surface area contributed by atoms with Gasteiger partial charge in [-0.15, -0.1) is 11.3 Å². The molecule has 0 radical (unpaired) electrons. The summed E-state index contributed by atoms with van der Waals surface area (Å²) in [4.78, 5) is 10.5. The number of thiophene rings is 1. The molecule has 17 heavy (non-hydrogen) atoms. The number of carbonyl (C=O) groups is 1. The highest BCUT2D eigenvalue weighted by atomic mass is 35.5. The molecule has 0 aliphatic rings. The second-order valence-corrected chi connectivity index (χ2v) is 5.05. The van der Waals surface area contributed by atoms with Crippen molar-refractivity contribution in [1.82, 2.24) is 0 Å². The number of hydrogen-bond donors (Lipinski definition) is 0. The smallest absolute Gasteiger partial charge is 0.275 e. The molecule has 90 valence electrons. The summed E-state index contributed by atoms with van der Waals surface area (Å²) in [5.74, 6) is 0. The van der Waals surface area contributed by atoms with Crippen LogP contribution >= 0.6 is 34.5 Å². The average Bonchev–Trinajstić information content (AvgIpc) is 2.55. The second kappa shape index (κ2) is 4.15. The first-order valence-corrected chi connectivity index (χ1v) is 5.87. The van der Waals surface area contributed by atoms with Gasteiger partial charge in [-0.1, -0.05) is 11.6 Å². The third-order valence-electron chi connectivity index (χ3n) is 2.11. The molecule has 0 aliphatic heterocycles. The molecule has 7 heteroatoms. The Morgan fingerprint density at radius 3 is 2.47 bits per heavy atom. The predicted octanol–water partition coefficient (Wildman–Crippen LogP) is 4.95. The number of alkyl halides is 3. The zero-order valence-corrected chi connectivity index (χ0v) is 10.3. The molecule has 0 unspecified atom stereocenters. The van der Waals surface area contributed by atoms with E-state index in [0.717, 1.165) is 0 Å². The van der Waals surface area contributed by atoms with Gasteiger partial charge in [0.2, 0.25) is 0 Å². The molecule has 1 nitrogen and oxygen atoms in total. The van der Waals surface area contributed by atoms with E-state index in [0.29, 0.717) is 16.0 Å². The van der Waals surface area contributed by atoms with Crippen molar-refractivity contribution in [3.63, 3.8) is 0 Å². The van der Waals surface area contributed by atoms with Crippen LogP contribution in [-0.4, -0.2) is 5.24 Å². The summed E-state index contributed by atoms with van der Waals surface area (Å²) >= 11 is 11.5. The maximum atomic E-state index is 12.9. The fourth-order valence-corrected chi connectivity index (χ4v) is 2.91. The Hall–Kier alpha value is -0.780. The van der Waals surface area contributed by atoms with Gasteiger partial charge in [0.15, 0.2) is 0 Å². The fraction of sp³-hybridized carbons (Fsp3) is 0.100. The molecule has 2 rings (SSSR count). The first-order valence-electron chi connectivity index (χ1n) is 4.30. The summed E-state index contributed by atoms with van der Waals surface area (Å²) in [5, 5.41) is -1.04. The van der Waals surface area contributed by atoms with Crippen LogP contribution in [0.2, 0.25) is 5.02 Å². The van der Waals surface area contributed by atoms with E-state index in [1.54, 1.807) is 0 Å². The van der Waals surface area contributed by atoms with Gasteiger partial charge in [-0.2, -0.15) is 13.2 Å². The minimum absolute atomic E-state index is 0.0981. The molecule has 0 atom stereocenters. The van der Waals surface area contributed by atoms with Crippen LogP contribution in [0, 0.1) is 0 Å². The maximum Gasteiger partial charge on any atom is 0.418 e. The fourth-order valence-electron chi connectivity index (χ4n) is 1.49. The van der Waals surface area contributed by atoms with Crippen molar-refractivity contribution in [2.24, 2.45) is 0 Å². The molecule has 0 N–H and O–H groups in total. The molecule has 0 spiro atoms. The van der Waals surface area contributed by atoms with Crippen molar-refractivity contribution in [3.8, 4) is 0 Å². The number of carbonyl (C=O) groups excluding carboxylic acids is 1. The average molecular weight is 299 g/mol. The van der Waals surface area contributed by atoms with Crippen molar-refractivity contribution in [2.75, 3.05) is 0 Å². The molecule has 1 aromatic heterocycles. The van der Waals surface area contributed by atoms with E-state index in [2.05, 4.69) is 0 Å². The zero-order valence-electron chi connectivity index (χ0n) is 7.94. The standard InChI is InChI=1S/C10H3Cl2F3OS/c11-4-1-2-6-5(3-4)7(10(13,14)15)8(17-6)9(12)16/h1-3H.